The summed E-state index contributed by atoms with van der Waals surface area (Å²) in [7, 11) is 4.29. The molecule has 7 nitrogen and oxygen atoms in total. The smallest absolute Gasteiger partial charge is 0.387 e. The van der Waals surface area contributed by atoms with Crippen LogP contribution >= 0.6 is 0 Å². The van der Waals surface area contributed by atoms with Gasteiger partial charge in [0.15, 0.2) is 23.0 Å². The van der Waals surface area contributed by atoms with Crippen LogP contribution in [0.25, 0.3) is 0 Å². The van der Waals surface area contributed by atoms with Gasteiger partial charge in [0.1, 0.15) is 0 Å². The number of hydrogen-bond donors (Lipinski definition) is 1. The van der Waals surface area contributed by atoms with Crippen molar-refractivity contribution in [1.29, 1.82) is 0 Å². The van der Waals surface area contributed by atoms with E-state index in [0.29, 0.717) is 22.6 Å². The number of methoxy groups -OCH3 is 3. The zero-order chi connectivity index (χ0) is 19.8. The van der Waals surface area contributed by atoms with Gasteiger partial charge in [-0.1, -0.05) is 0 Å². The molecule has 0 fully saturated rings. The lowest BCUT2D eigenvalue weighted by molar-refractivity contribution is -0.0512. The maximum Gasteiger partial charge on any atom is 0.387 e. The summed E-state index contributed by atoms with van der Waals surface area (Å²) in [5.41, 5.74) is 3.08. The van der Waals surface area contributed by atoms with Gasteiger partial charge in [0.05, 0.1) is 27.5 Å². The minimum atomic E-state index is -2.99. The lowest BCUT2D eigenvalue weighted by Crippen LogP contribution is -2.17. The highest BCUT2D eigenvalue weighted by molar-refractivity contribution is 5.95. The molecule has 0 unspecified atom stereocenters. The number of ether oxygens (including phenoxy) is 4. The van der Waals surface area contributed by atoms with E-state index in [1.165, 1.54) is 45.7 Å². The number of alkyl halides is 2. The number of carbonyl (C=O) groups is 1. The molecule has 144 valence electrons. The second-order valence-corrected chi connectivity index (χ2v) is 5.06. The van der Waals surface area contributed by atoms with Crippen molar-refractivity contribution >= 4 is 12.1 Å². The molecule has 1 amide bonds. The van der Waals surface area contributed by atoms with E-state index in [1.807, 2.05) is 0 Å². The van der Waals surface area contributed by atoms with E-state index >= 15 is 0 Å². The monoisotopic (exact) mass is 380 g/mol. The first kappa shape index (κ1) is 20.0. The van der Waals surface area contributed by atoms with Crippen molar-refractivity contribution in [2.75, 3.05) is 21.3 Å². The number of halogens is 2. The standard InChI is InChI=1S/C18H18F2N2O5/c1-24-13-7-5-12(9-15(13)26-3)17(23)22-21-10-11-4-6-14(25-2)16(8-11)27-18(19)20/h4-10,18H,1-3H3,(H,22,23)/b21-10-. The van der Waals surface area contributed by atoms with Crippen LogP contribution in [0.2, 0.25) is 0 Å². The molecule has 0 atom stereocenters. The molecule has 0 saturated heterocycles. The van der Waals surface area contributed by atoms with Crippen molar-refractivity contribution in [2.24, 2.45) is 5.10 Å². The first-order valence-electron chi connectivity index (χ1n) is 7.66. The van der Waals surface area contributed by atoms with E-state index < -0.39 is 12.5 Å². The van der Waals surface area contributed by atoms with Gasteiger partial charge >= 0.3 is 6.61 Å². The molecule has 0 aliphatic carbocycles. The van der Waals surface area contributed by atoms with Gasteiger partial charge in [0.25, 0.3) is 5.91 Å². The Morgan fingerprint density at radius 2 is 1.59 bits per heavy atom. The molecule has 0 aromatic heterocycles. The predicted octanol–water partition coefficient (Wildman–Crippen LogP) is 3.08. The van der Waals surface area contributed by atoms with Crippen LogP contribution in [0.5, 0.6) is 23.0 Å². The number of hydrogen-bond acceptors (Lipinski definition) is 6. The fraction of sp³-hybridized carbons (Fsp3) is 0.222. The zero-order valence-corrected chi connectivity index (χ0v) is 14.9. The molecule has 2 aromatic rings. The maximum atomic E-state index is 12.4. The summed E-state index contributed by atoms with van der Waals surface area (Å²) >= 11 is 0. The van der Waals surface area contributed by atoms with E-state index in [-0.39, 0.29) is 11.5 Å². The molecule has 27 heavy (non-hydrogen) atoms. The van der Waals surface area contributed by atoms with Gasteiger partial charge in [0.2, 0.25) is 0 Å². The van der Waals surface area contributed by atoms with Gasteiger partial charge in [-0.25, -0.2) is 5.43 Å². The fourth-order valence-corrected chi connectivity index (χ4v) is 2.17. The maximum absolute atomic E-state index is 12.4. The molecular weight excluding hydrogens is 362 g/mol. The number of nitrogens with one attached hydrogen (secondary N) is 1. The Bertz CT molecular complexity index is 827. The number of benzene rings is 2. The van der Waals surface area contributed by atoms with Crippen molar-refractivity contribution in [2.45, 2.75) is 6.61 Å². The molecule has 1 N–H and O–H groups in total. The Hall–Kier alpha value is -3.36. The summed E-state index contributed by atoms with van der Waals surface area (Å²) in [4.78, 5) is 12.2. The Morgan fingerprint density at radius 1 is 0.963 bits per heavy atom. The highest BCUT2D eigenvalue weighted by Crippen LogP contribution is 2.29. The molecular formula is C18H18F2N2O5. The Labute approximate surface area is 154 Å². The average molecular weight is 380 g/mol. The Kier molecular flexibility index (Phi) is 6.93. The lowest BCUT2D eigenvalue weighted by atomic mass is 10.2. The number of amides is 1. The first-order valence-corrected chi connectivity index (χ1v) is 7.66. The molecule has 2 aromatic carbocycles. The summed E-state index contributed by atoms with van der Waals surface area (Å²) in [6, 6.07) is 8.99. The molecule has 2 rings (SSSR count). The van der Waals surface area contributed by atoms with Gasteiger partial charge in [-0.2, -0.15) is 13.9 Å². The van der Waals surface area contributed by atoms with E-state index in [0.717, 1.165) is 0 Å². The third-order valence-corrected chi connectivity index (χ3v) is 3.43. The summed E-state index contributed by atoms with van der Waals surface area (Å²) in [6.07, 6.45) is 1.29. The summed E-state index contributed by atoms with van der Waals surface area (Å²) in [6.45, 7) is -2.99. The normalized spacial score (nSPS) is 10.7. The Balaban J connectivity index is 2.09. The van der Waals surface area contributed by atoms with Crippen LogP contribution in [-0.4, -0.2) is 40.1 Å². The van der Waals surface area contributed by atoms with Crippen LogP contribution in [0.3, 0.4) is 0 Å². The molecule has 0 radical (unpaired) electrons. The fourth-order valence-electron chi connectivity index (χ4n) is 2.17. The number of carbonyl (C=O) groups excluding carboxylic acids is 1. The molecule has 0 aliphatic rings. The van der Waals surface area contributed by atoms with Gasteiger partial charge < -0.3 is 18.9 Å². The van der Waals surface area contributed by atoms with Gasteiger partial charge in [-0.15, -0.1) is 0 Å². The Morgan fingerprint density at radius 3 is 2.22 bits per heavy atom. The summed E-state index contributed by atoms with van der Waals surface area (Å²) in [5, 5.41) is 3.81. The first-order chi connectivity index (χ1) is 13.0. The predicted molar refractivity (Wildman–Crippen MR) is 94.2 cm³/mol. The van der Waals surface area contributed by atoms with Crippen molar-refractivity contribution in [1.82, 2.24) is 5.43 Å². The molecule has 0 saturated carbocycles. The minimum Gasteiger partial charge on any atom is -0.493 e. The number of hydrazone groups is 1. The van der Waals surface area contributed by atoms with Crippen LogP contribution in [0.15, 0.2) is 41.5 Å². The van der Waals surface area contributed by atoms with Crippen molar-refractivity contribution < 1.29 is 32.5 Å². The molecule has 0 bridgehead atoms. The number of rotatable bonds is 8. The highest BCUT2D eigenvalue weighted by atomic mass is 19.3. The van der Waals surface area contributed by atoms with Crippen molar-refractivity contribution in [3.05, 3.63) is 47.5 Å². The van der Waals surface area contributed by atoms with E-state index in [9.17, 15) is 13.6 Å². The SMILES string of the molecule is COc1ccc(C(=O)N/N=C\c2ccc(OC)c(OC(F)F)c2)cc1OC. The summed E-state index contributed by atoms with van der Waals surface area (Å²) in [5.74, 6) is 0.426. The van der Waals surface area contributed by atoms with Crippen LogP contribution in [0.1, 0.15) is 15.9 Å². The largest absolute Gasteiger partial charge is 0.493 e. The van der Waals surface area contributed by atoms with Crippen molar-refractivity contribution in [3.63, 3.8) is 0 Å². The highest BCUT2D eigenvalue weighted by Gasteiger charge is 2.12. The topological polar surface area (TPSA) is 78.4 Å². The quantitative estimate of drug-likeness (QED) is 0.563. The van der Waals surface area contributed by atoms with Crippen LogP contribution in [-0.2, 0) is 0 Å². The third kappa shape index (κ3) is 5.30. The van der Waals surface area contributed by atoms with Crippen LogP contribution < -0.4 is 24.4 Å². The molecule has 0 spiro atoms. The molecule has 0 aliphatic heterocycles. The van der Waals surface area contributed by atoms with Gasteiger partial charge in [0, 0.05) is 5.56 Å². The second-order valence-electron chi connectivity index (χ2n) is 5.06. The molecule has 9 heteroatoms. The lowest BCUT2D eigenvalue weighted by Gasteiger charge is -2.10. The van der Waals surface area contributed by atoms with E-state index in [2.05, 4.69) is 15.3 Å². The van der Waals surface area contributed by atoms with Gasteiger partial charge in [-0.05, 0) is 42.0 Å². The minimum absolute atomic E-state index is 0.136. The van der Waals surface area contributed by atoms with Crippen LogP contribution in [0, 0.1) is 0 Å². The average Bonchev–Trinajstić information content (AvgIpc) is 2.67. The number of nitrogens with zero attached hydrogens (tertiary/aromatic N) is 1. The second kappa shape index (κ2) is 9.37. The van der Waals surface area contributed by atoms with Gasteiger partial charge in [-0.3, -0.25) is 4.79 Å². The summed E-state index contributed by atoms with van der Waals surface area (Å²) < 4.78 is 44.5. The van der Waals surface area contributed by atoms with E-state index in [1.54, 1.807) is 18.2 Å². The van der Waals surface area contributed by atoms with Crippen LogP contribution in [0.4, 0.5) is 8.78 Å². The zero-order valence-electron chi connectivity index (χ0n) is 14.9. The molecule has 0 heterocycles. The van der Waals surface area contributed by atoms with E-state index in [4.69, 9.17) is 14.2 Å². The third-order valence-electron chi connectivity index (χ3n) is 3.43. The van der Waals surface area contributed by atoms with Crippen molar-refractivity contribution in [3.8, 4) is 23.0 Å².